The van der Waals surface area contributed by atoms with Gasteiger partial charge >= 0.3 is 6.18 Å². The highest BCUT2D eigenvalue weighted by molar-refractivity contribution is 5.27. The van der Waals surface area contributed by atoms with Gasteiger partial charge in [-0.1, -0.05) is 19.1 Å². The van der Waals surface area contributed by atoms with Gasteiger partial charge in [-0.2, -0.15) is 13.2 Å². The van der Waals surface area contributed by atoms with Crippen LogP contribution in [0.15, 0.2) is 24.3 Å². The zero-order valence-electron chi connectivity index (χ0n) is 12.2. The fourth-order valence-electron chi connectivity index (χ4n) is 1.92. The summed E-state index contributed by atoms with van der Waals surface area (Å²) in [5, 5.41) is 2.63. The lowest BCUT2D eigenvalue weighted by Crippen LogP contribution is -2.54. The van der Waals surface area contributed by atoms with Gasteiger partial charge < -0.3 is 10.1 Å². The molecule has 114 valence electrons. The van der Waals surface area contributed by atoms with Gasteiger partial charge in [-0.3, -0.25) is 0 Å². The van der Waals surface area contributed by atoms with Crippen molar-refractivity contribution in [2.45, 2.75) is 44.8 Å². The lowest BCUT2D eigenvalue weighted by atomic mass is 9.92. The summed E-state index contributed by atoms with van der Waals surface area (Å²) in [6.07, 6.45) is -3.19. The van der Waals surface area contributed by atoms with E-state index in [1.54, 1.807) is 31.4 Å². The van der Waals surface area contributed by atoms with Crippen molar-refractivity contribution in [1.29, 1.82) is 0 Å². The van der Waals surface area contributed by atoms with Crippen molar-refractivity contribution in [1.82, 2.24) is 5.32 Å². The predicted octanol–water partition coefficient (Wildman–Crippen LogP) is 3.95. The fourth-order valence-corrected chi connectivity index (χ4v) is 1.92. The summed E-state index contributed by atoms with van der Waals surface area (Å²) in [6.45, 7) is 3.44. The highest BCUT2D eigenvalue weighted by Crippen LogP contribution is 2.34. The van der Waals surface area contributed by atoms with Crippen molar-refractivity contribution in [3.8, 4) is 5.75 Å². The third-order valence-corrected chi connectivity index (χ3v) is 3.46. The molecule has 1 unspecified atom stereocenters. The molecule has 0 bridgehead atoms. The van der Waals surface area contributed by atoms with E-state index < -0.39 is 11.7 Å². The van der Waals surface area contributed by atoms with E-state index in [-0.39, 0.29) is 6.42 Å². The molecule has 1 atom stereocenters. The van der Waals surface area contributed by atoms with E-state index in [0.29, 0.717) is 25.1 Å². The molecule has 0 saturated carbocycles. The maximum absolute atomic E-state index is 13.2. The summed E-state index contributed by atoms with van der Waals surface area (Å²) in [5.74, 6) is 0.705. The van der Waals surface area contributed by atoms with Gasteiger partial charge in [-0.25, -0.2) is 0 Å². The van der Waals surface area contributed by atoms with Crippen LogP contribution in [0.5, 0.6) is 5.75 Å². The molecule has 0 fully saturated rings. The van der Waals surface area contributed by atoms with Gasteiger partial charge in [-0.15, -0.1) is 0 Å². The molecule has 0 aliphatic carbocycles. The first-order valence-electron chi connectivity index (χ1n) is 6.77. The van der Waals surface area contributed by atoms with Crippen LogP contribution in [0, 0.1) is 0 Å². The van der Waals surface area contributed by atoms with Crippen molar-refractivity contribution in [2.24, 2.45) is 0 Å². The molecule has 0 saturated heterocycles. The number of rotatable bonds is 7. The van der Waals surface area contributed by atoms with Crippen molar-refractivity contribution >= 4 is 0 Å². The van der Waals surface area contributed by atoms with Crippen LogP contribution < -0.4 is 10.1 Å². The van der Waals surface area contributed by atoms with E-state index in [1.165, 1.54) is 6.92 Å². The molecule has 0 aromatic heterocycles. The molecule has 0 amide bonds. The fraction of sp³-hybridized carbons (Fsp3) is 0.600. The monoisotopic (exact) mass is 289 g/mol. The van der Waals surface area contributed by atoms with E-state index in [1.807, 2.05) is 6.92 Å². The Kier molecular flexibility index (Phi) is 5.87. The number of benzene rings is 1. The molecule has 1 aromatic carbocycles. The standard InChI is InChI=1S/C15H22F3NO/c1-4-11-19-14(2,15(16,17)18)10-9-12-5-7-13(20-3)8-6-12/h5-8,19H,4,9-11H2,1-3H3. The summed E-state index contributed by atoms with van der Waals surface area (Å²) in [6, 6.07) is 7.13. The van der Waals surface area contributed by atoms with Crippen LogP contribution in [0.4, 0.5) is 13.2 Å². The molecule has 5 heteroatoms. The van der Waals surface area contributed by atoms with Crippen LogP contribution >= 0.6 is 0 Å². The second-order valence-corrected chi connectivity index (χ2v) is 5.10. The normalized spacial score (nSPS) is 14.9. The average molecular weight is 289 g/mol. The Balaban J connectivity index is 2.70. The van der Waals surface area contributed by atoms with Gasteiger partial charge in [-0.05, 0) is 50.4 Å². The smallest absolute Gasteiger partial charge is 0.406 e. The number of aryl methyl sites for hydroxylation is 1. The zero-order valence-corrected chi connectivity index (χ0v) is 12.2. The van der Waals surface area contributed by atoms with Gasteiger partial charge in [0.2, 0.25) is 0 Å². The summed E-state index contributed by atoms with van der Waals surface area (Å²) in [5.41, 5.74) is -0.970. The molecule has 2 nitrogen and oxygen atoms in total. The largest absolute Gasteiger partial charge is 0.497 e. The molecule has 0 radical (unpaired) electrons. The molecule has 0 aliphatic heterocycles. The highest BCUT2D eigenvalue weighted by Gasteiger charge is 2.49. The summed E-state index contributed by atoms with van der Waals surface area (Å²) in [7, 11) is 1.56. The van der Waals surface area contributed by atoms with Crippen molar-refractivity contribution in [3.05, 3.63) is 29.8 Å². The first kappa shape index (κ1) is 16.8. The van der Waals surface area contributed by atoms with Crippen molar-refractivity contribution < 1.29 is 17.9 Å². The van der Waals surface area contributed by atoms with E-state index >= 15 is 0 Å². The SMILES string of the molecule is CCCNC(C)(CCc1ccc(OC)cc1)C(F)(F)F. The van der Waals surface area contributed by atoms with Crippen molar-refractivity contribution in [2.75, 3.05) is 13.7 Å². The van der Waals surface area contributed by atoms with E-state index in [2.05, 4.69) is 5.32 Å². The quantitative estimate of drug-likeness (QED) is 0.820. The predicted molar refractivity (Wildman–Crippen MR) is 74.1 cm³/mol. The minimum absolute atomic E-state index is 0.0167. The van der Waals surface area contributed by atoms with Crippen molar-refractivity contribution in [3.63, 3.8) is 0 Å². The third-order valence-electron chi connectivity index (χ3n) is 3.46. The second-order valence-electron chi connectivity index (χ2n) is 5.10. The Morgan fingerprint density at radius 2 is 1.75 bits per heavy atom. The van der Waals surface area contributed by atoms with Gasteiger partial charge in [0, 0.05) is 0 Å². The highest BCUT2D eigenvalue weighted by atomic mass is 19.4. The van der Waals surface area contributed by atoms with Crippen LogP contribution in [0.1, 0.15) is 32.3 Å². The topological polar surface area (TPSA) is 21.3 Å². The number of halogens is 3. The van der Waals surface area contributed by atoms with Crippen LogP contribution in [-0.2, 0) is 6.42 Å². The lowest BCUT2D eigenvalue weighted by molar-refractivity contribution is -0.193. The van der Waals surface area contributed by atoms with E-state index in [9.17, 15) is 13.2 Å². The first-order valence-corrected chi connectivity index (χ1v) is 6.77. The summed E-state index contributed by atoms with van der Waals surface area (Å²) >= 11 is 0. The maximum Gasteiger partial charge on any atom is 0.406 e. The van der Waals surface area contributed by atoms with Gasteiger partial charge in [0.25, 0.3) is 0 Å². The van der Waals surface area contributed by atoms with E-state index in [4.69, 9.17) is 4.74 Å². The van der Waals surface area contributed by atoms with Gasteiger partial charge in [0.1, 0.15) is 11.3 Å². The average Bonchev–Trinajstić information content (AvgIpc) is 2.42. The Morgan fingerprint density at radius 3 is 2.20 bits per heavy atom. The molecular weight excluding hydrogens is 267 g/mol. The van der Waals surface area contributed by atoms with Crippen LogP contribution in [-0.4, -0.2) is 25.4 Å². The Hall–Kier alpha value is -1.23. The number of nitrogens with one attached hydrogen (secondary N) is 1. The van der Waals surface area contributed by atoms with Crippen LogP contribution in [0.2, 0.25) is 0 Å². The molecule has 0 spiro atoms. The minimum Gasteiger partial charge on any atom is -0.497 e. The van der Waals surface area contributed by atoms with Crippen LogP contribution in [0.25, 0.3) is 0 Å². The Labute approximate surface area is 118 Å². The lowest BCUT2D eigenvalue weighted by Gasteiger charge is -2.33. The number of methoxy groups -OCH3 is 1. The minimum atomic E-state index is -4.26. The van der Waals surface area contributed by atoms with E-state index in [0.717, 1.165) is 5.56 Å². The summed E-state index contributed by atoms with van der Waals surface area (Å²) < 4.78 is 44.5. The number of hydrogen-bond donors (Lipinski definition) is 1. The zero-order chi connectivity index (χ0) is 15.2. The second kappa shape index (κ2) is 6.97. The molecule has 20 heavy (non-hydrogen) atoms. The molecule has 0 heterocycles. The molecule has 1 rings (SSSR count). The van der Waals surface area contributed by atoms with Gasteiger partial charge in [0.15, 0.2) is 0 Å². The Morgan fingerprint density at radius 1 is 1.15 bits per heavy atom. The molecule has 1 aromatic rings. The number of ether oxygens (including phenoxy) is 1. The maximum atomic E-state index is 13.2. The molecular formula is C15H22F3NO. The summed E-state index contributed by atoms with van der Waals surface area (Å²) in [4.78, 5) is 0. The third kappa shape index (κ3) is 4.40. The van der Waals surface area contributed by atoms with Gasteiger partial charge in [0.05, 0.1) is 7.11 Å². The first-order chi connectivity index (χ1) is 9.32. The Bertz CT molecular complexity index is 403. The van der Waals surface area contributed by atoms with Crippen LogP contribution in [0.3, 0.4) is 0 Å². The molecule has 0 aliphatic rings. The molecule has 1 N–H and O–H groups in total. The number of alkyl halides is 3. The number of hydrogen-bond acceptors (Lipinski definition) is 2.